The second kappa shape index (κ2) is 6.51. The van der Waals surface area contributed by atoms with Crippen LogP contribution in [-0.4, -0.2) is 5.78 Å². The van der Waals surface area contributed by atoms with Crippen molar-refractivity contribution in [2.45, 2.75) is 68.2 Å². The molecule has 0 spiro atoms. The number of Topliss-reactive ketones (excluding diaryl/α,β-unsaturated/α-hetero) is 1. The van der Waals surface area contributed by atoms with Gasteiger partial charge in [-0.2, -0.15) is 0 Å². The van der Waals surface area contributed by atoms with Crippen LogP contribution in [0.2, 0.25) is 0 Å². The molecule has 0 aromatic heterocycles. The molecule has 0 saturated heterocycles. The van der Waals surface area contributed by atoms with Gasteiger partial charge < -0.3 is 5.11 Å². The van der Waals surface area contributed by atoms with E-state index in [0.717, 1.165) is 12.8 Å². The van der Waals surface area contributed by atoms with Crippen LogP contribution in [0.5, 0.6) is 0 Å². The second-order valence-electron chi connectivity index (χ2n) is 8.64. The number of rotatable bonds is 4. The third-order valence-electron chi connectivity index (χ3n) is 4.49. The summed E-state index contributed by atoms with van der Waals surface area (Å²) in [6.45, 7) is 20.2. The van der Waals surface area contributed by atoms with Crippen LogP contribution in [0, 0.1) is 10.8 Å². The molecule has 0 aliphatic heterocycles. The van der Waals surface area contributed by atoms with Gasteiger partial charge in [0.05, 0.1) is 0 Å². The number of allylic oxidation sites excluding steroid dienone is 6. The molecule has 0 amide bonds. The molecule has 2 heteroatoms. The van der Waals surface area contributed by atoms with E-state index in [0.29, 0.717) is 22.3 Å². The Bertz CT molecular complexity index is 617. The van der Waals surface area contributed by atoms with Gasteiger partial charge in [0.2, 0.25) is 0 Å². The average molecular weight is 315 g/mol. The van der Waals surface area contributed by atoms with Crippen LogP contribution in [0.25, 0.3) is 0 Å². The van der Waals surface area contributed by atoms with Gasteiger partial charge in [-0.3, -0.25) is 4.79 Å². The predicted octanol–water partition coefficient (Wildman–Crippen LogP) is 4.87. The summed E-state index contributed by atoms with van der Waals surface area (Å²) in [6, 6.07) is 0. The van der Waals surface area contributed by atoms with E-state index >= 15 is 0 Å². The standard InChI is InChI=1S/C21H32O2/c1-13(12-20(5,6)7)10-11-21(8,9)17-16(4)18(22)14(2)15(3)19(17)23/h10,23H,4,11-12H2,1-3,5-9H3/p-1/b13-10+. The molecule has 0 N–H and O–H groups in total. The van der Waals surface area contributed by atoms with Gasteiger partial charge in [-0.1, -0.05) is 58.4 Å². The first-order valence-electron chi connectivity index (χ1n) is 8.27. The van der Waals surface area contributed by atoms with E-state index in [9.17, 15) is 9.90 Å². The van der Waals surface area contributed by atoms with Gasteiger partial charge in [0.25, 0.3) is 0 Å². The average Bonchev–Trinajstić information content (AvgIpc) is 2.39. The van der Waals surface area contributed by atoms with Crippen LogP contribution in [0.1, 0.15) is 68.2 Å². The summed E-state index contributed by atoms with van der Waals surface area (Å²) in [5.74, 6) is -0.125. The maximum atomic E-state index is 12.7. The zero-order valence-electron chi connectivity index (χ0n) is 16.0. The SMILES string of the molecule is C=C1C(=O)C(C)=C(C)C([O-])=C1C(C)(C)C/C=C(\C)CC(C)(C)C. The number of carbonyl (C=O) groups excluding carboxylic acids is 1. The highest BCUT2D eigenvalue weighted by molar-refractivity contribution is 6.13. The highest BCUT2D eigenvalue weighted by Gasteiger charge is 2.32. The van der Waals surface area contributed by atoms with E-state index in [4.69, 9.17) is 0 Å². The summed E-state index contributed by atoms with van der Waals surface area (Å²) < 4.78 is 0. The fraction of sp³-hybridized carbons (Fsp3) is 0.571. The highest BCUT2D eigenvalue weighted by atomic mass is 16.3. The van der Waals surface area contributed by atoms with Crippen molar-refractivity contribution in [3.63, 3.8) is 0 Å². The first-order chi connectivity index (χ1) is 10.3. The van der Waals surface area contributed by atoms with Crippen molar-refractivity contribution >= 4 is 5.78 Å². The Hall–Kier alpha value is -1.57. The third-order valence-corrected chi connectivity index (χ3v) is 4.49. The molecule has 0 unspecified atom stereocenters. The molecule has 0 fully saturated rings. The van der Waals surface area contributed by atoms with Crippen LogP contribution in [-0.2, 0) is 4.79 Å². The fourth-order valence-corrected chi connectivity index (χ4v) is 3.16. The maximum absolute atomic E-state index is 12.7. The van der Waals surface area contributed by atoms with Crippen molar-refractivity contribution in [3.05, 3.63) is 46.3 Å². The molecule has 1 aliphatic carbocycles. The van der Waals surface area contributed by atoms with Crippen molar-refractivity contribution in [1.82, 2.24) is 0 Å². The molecule has 0 atom stereocenters. The zero-order valence-corrected chi connectivity index (χ0v) is 16.0. The molecular weight excluding hydrogens is 284 g/mol. The quantitative estimate of drug-likeness (QED) is 0.548. The Labute approximate surface area is 141 Å². The summed E-state index contributed by atoms with van der Waals surface area (Å²) in [4.78, 5) is 12.3. The van der Waals surface area contributed by atoms with Crippen molar-refractivity contribution in [3.8, 4) is 0 Å². The number of ketones is 1. The summed E-state index contributed by atoms with van der Waals surface area (Å²) >= 11 is 0. The molecule has 23 heavy (non-hydrogen) atoms. The first kappa shape index (κ1) is 19.5. The summed E-state index contributed by atoms with van der Waals surface area (Å²) in [7, 11) is 0. The van der Waals surface area contributed by atoms with Crippen LogP contribution >= 0.6 is 0 Å². The summed E-state index contributed by atoms with van der Waals surface area (Å²) in [5.41, 5.74) is 3.18. The lowest BCUT2D eigenvalue weighted by Crippen LogP contribution is -2.29. The summed E-state index contributed by atoms with van der Waals surface area (Å²) in [6.07, 6.45) is 3.95. The second-order valence-corrected chi connectivity index (χ2v) is 8.64. The van der Waals surface area contributed by atoms with Gasteiger partial charge in [0, 0.05) is 5.57 Å². The Morgan fingerprint density at radius 1 is 1.13 bits per heavy atom. The monoisotopic (exact) mass is 315 g/mol. The maximum Gasteiger partial charge on any atom is 0.188 e. The minimum atomic E-state index is -0.398. The summed E-state index contributed by atoms with van der Waals surface area (Å²) in [5, 5.41) is 12.7. The van der Waals surface area contributed by atoms with Crippen LogP contribution in [0.3, 0.4) is 0 Å². The largest absolute Gasteiger partial charge is 0.872 e. The Morgan fingerprint density at radius 2 is 1.65 bits per heavy atom. The molecule has 128 valence electrons. The number of carbonyl (C=O) groups is 1. The van der Waals surface area contributed by atoms with Gasteiger partial charge in [-0.05, 0) is 55.6 Å². The Morgan fingerprint density at radius 3 is 2.13 bits per heavy atom. The molecule has 0 saturated carbocycles. The van der Waals surface area contributed by atoms with Gasteiger partial charge in [0.15, 0.2) is 5.78 Å². The van der Waals surface area contributed by atoms with Crippen LogP contribution in [0.4, 0.5) is 0 Å². The first-order valence-corrected chi connectivity index (χ1v) is 8.27. The van der Waals surface area contributed by atoms with Gasteiger partial charge >= 0.3 is 0 Å². The van der Waals surface area contributed by atoms with Crippen molar-refractivity contribution in [2.75, 3.05) is 0 Å². The van der Waals surface area contributed by atoms with E-state index < -0.39 is 5.41 Å². The lowest BCUT2D eigenvalue weighted by molar-refractivity contribution is -0.300. The van der Waals surface area contributed by atoms with Crippen molar-refractivity contribution in [1.29, 1.82) is 0 Å². The number of hydrogen-bond donors (Lipinski definition) is 0. The topological polar surface area (TPSA) is 40.1 Å². The molecule has 1 aliphatic rings. The molecule has 0 aromatic carbocycles. The highest BCUT2D eigenvalue weighted by Crippen LogP contribution is 2.42. The molecule has 1 rings (SSSR count). The smallest absolute Gasteiger partial charge is 0.188 e. The van der Waals surface area contributed by atoms with E-state index in [-0.39, 0.29) is 17.0 Å². The van der Waals surface area contributed by atoms with Gasteiger partial charge in [0.1, 0.15) is 0 Å². The molecule has 0 bridgehead atoms. The van der Waals surface area contributed by atoms with Crippen molar-refractivity contribution < 1.29 is 9.90 Å². The van der Waals surface area contributed by atoms with E-state index in [1.807, 2.05) is 13.8 Å². The predicted molar refractivity (Wildman–Crippen MR) is 95.8 cm³/mol. The molecule has 0 aromatic rings. The van der Waals surface area contributed by atoms with Gasteiger partial charge in [-0.15, -0.1) is 5.76 Å². The van der Waals surface area contributed by atoms with E-state index in [2.05, 4.69) is 40.3 Å². The zero-order chi connectivity index (χ0) is 18.2. The molecule has 2 nitrogen and oxygen atoms in total. The van der Waals surface area contributed by atoms with E-state index in [1.54, 1.807) is 13.8 Å². The minimum Gasteiger partial charge on any atom is -0.872 e. The minimum absolute atomic E-state index is 0.0287. The van der Waals surface area contributed by atoms with Crippen molar-refractivity contribution in [2.24, 2.45) is 10.8 Å². The van der Waals surface area contributed by atoms with E-state index in [1.165, 1.54) is 5.57 Å². The lowest BCUT2D eigenvalue weighted by Gasteiger charge is -2.37. The Balaban J connectivity index is 3.15. The van der Waals surface area contributed by atoms with Crippen LogP contribution < -0.4 is 5.11 Å². The molecule has 0 heterocycles. The van der Waals surface area contributed by atoms with Gasteiger partial charge in [-0.25, -0.2) is 0 Å². The Kier molecular flexibility index (Phi) is 5.51. The molecule has 0 radical (unpaired) electrons. The van der Waals surface area contributed by atoms with Crippen LogP contribution in [0.15, 0.2) is 46.3 Å². The lowest BCUT2D eigenvalue weighted by atomic mass is 9.71. The third kappa shape index (κ3) is 4.46. The molecular formula is C21H31O2-. The normalized spacial score (nSPS) is 18.2. The number of hydrogen-bond acceptors (Lipinski definition) is 2. The fourth-order valence-electron chi connectivity index (χ4n) is 3.16.